The maximum Gasteiger partial charge on any atom is 0.350 e. The monoisotopic (exact) mass is 315 g/mol. The van der Waals surface area contributed by atoms with E-state index in [4.69, 9.17) is 4.84 Å². The summed E-state index contributed by atoms with van der Waals surface area (Å²) in [4.78, 5) is 43.4. The predicted octanol–water partition coefficient (Wildman–Crippen LogP) is 0.906. The molecule has 1 aromatic heterocycles. The van der Waals surface area contributed by atoms with Crippen molar-refractivity contribution in [2.75, 3.05) is 7.05 Å². The van der Waals surface area contributed by atoms with Gasteiger partial charge in [0.15, 0.2) is 0 Å². The molecule has 2 heterocycles. The molecule has 0 unspecified atom stereocenters. The van der Waals surface area contributed by atoms with Crippen LogP contribution in [-0.4, -0.2) is 40.9 Å². The van der Waals surface area contributed by atoms with Crippen LogP contribution in [0.15, 0.2) is 30.5 Å². The lowest BCUT2D eigenvalue weighted by atomic mass is 10.1. The molecule has 2 aromatic rings. The molecule has 1 saturated heterocycles. The van der Waals surface area contributed by atoms with Crippen LogP contribution in [0.2, 0.25) is 0 Å². The average molecular weight is 315 g/mol. The van der Waals surface area contributed by atoms with E-state index >= 15 is 0 Å². The van der Waals surface area contributed by atoms with Gasteiger partial charge in [0.05, 0.1) is 0 Å². The van der Waals surface area contributed by atoms with Gasteiger partial charge in [0.1, 0.15) is 6.04 Å². The van der Waals surface area contributed by atoms with Crippen molar-refractivity contribution < 1.29 is 19.2 Å². The number of benzene rings is 1. The molecule has 3 rings (SSSR count). The van der Waals surface area contributed by atoms with Crippen molar-refractivity contribution in [3.05, 3.63) is 36.0 Å². The maximum atomic E-state index is 12.2. The van der Waals surface area contributed by atoms with E-state index in [1.807, 2.05) is 30.5 Å². The Labute approximate surface area is 132 Å². The van der Waals surface area contributed by atoms with Crippen LogP contribution < -0.4 is 5.32 Å². The van der Waals surface area contributed by atoms with Gasteiger partial charge in [0, 0.05) is 36.4 Å². The Morgan fingerprint density at radius 3 is 2.70 bits per heavy atom. The lowest BCUT2D eigenvalue weighted by Gasteiger charge is -2.18. The molecular weight excluding hydrogens is 298 g/mol. The summed E-state index contributed by atoms with van der Waals surface area (Å²) >= 11 is 0. The van der Waals surface area contributed by atoms with E-state index in [1.165, 1.54) is 0 Å². The number of nitrogens with zero attached hydrogens (tertiary/aromatic N) is 1. The highest BCUT2D eigenvalue weighted by Gasteiger charge is 2.34. The molecule has 0 radical (unpaired) electrons. The van der Waals surface area contributed by atoms with Gasteiger partial charge < -0.3 is 15.1 Å². The van der Waals surface area contributed by atoms with Crippen LogP contribution in [0.1, 0.15) is 18.4 Å². The topological polar surface area (TPSA) is 91.5 Å². The van der Waals surface area contributed by atoms with Crippen LogP contribution in [0.5, 0.6) is 0 Å². The van der Waals surface area contributed by atoms with E-state index in [0.717, 1.165) is 16.5 Å². The normalized spacial score (nSPS) is 16.1. The Morgan fingerprint density at radius 2 is 2.00 bits per heavy atom. The number of likely N-dealkylation sites (N-methyl/N-ethyl adjacent to an activating group) is 1. The summed E-state index contributed by atoms with van der Waals surface area (Å²) < 4.78 is 0. The van der Waals surface area contributed by atoms with Crippen LogP contribution in [0.25, 0.3) is 10.9 Å². The van der Waals surface area contributed by atoms with Gasteiger partial charge in [-0.15, -0.1) is 5.06 Å². The molecule has 2 amide bonds. The van der Waals surface area contributed by atoms with Crippen LogP contribution in [-0.2, 0) is 25.6 Å². The minimum Gasteiger partial charge on any atom is -0.361 e. The second kappa shape index (κ2) is 6.21. The molecule has 1 aliphatic heterocycles. The number of amides is 2. The number of carbonyl (C=O) groups is 3. The van der Waals surface area contributed by atoms with Gasteiger partial charge >= 0.3 is 5.97 Å². The molecule has 2 N–H and O–H groups in total. The second-order valence-electron chi connectivity index (χ2n) is 5.40. The molecule has 23 heavy (non-hydrogen) atoms. The molecular formula is C16H17N3O4. The number of rotatable bonds is 5. The number of para-hydroxylation sites is 1. The summed E-state index contributed by atoms with van der Waals surface area (Å²) in [5, 5.41) is 4.46. The third-order valence-corrected chi connectivity index (χ3v) is 3.92. The molecule has 0 spiro atoms. The maximum absolute atomic E-state index is 12.2. The zero-order chi connectivity index (χ0) is 16.4. The van der Waals surface area contributed by atoms with E-state index in [1.54, 1.807) is 7.05 Å². The lowest BCUT2D eigenvalue weighted by molar-refractivity contribution is -0.198. The summed E-state index contributed by atoms with van der Waals surface area (Å²) in [6, 6.07) is 7.11. The molecule has 7 nitrogen and oxygen atoms in total. The summed E-state index contributed by atoms with van der Waals surface area (Å²) in [6.07, 6.45) is 2.39. The van der Waals surface area contributed by atoms with E-state index in [0.29, 0.717) is 11.5 Å². The Hall–Kier alpha value is -2.67. The fraction of sp³-hybridized carbons (Fsp3) is 0.312. The zero-order valence-electron chi connectivity index (χ0n) is 12.7. The Kier molecular flexibility index (Phi) is 4.12. The highest BCUT2D eigenvalue weighted by molar-refractivity contribution is 6.01. The van der Waals surface area contributed by atoms with Gasteiger partial charge in [0.25, 0.3) is 11.8 Å². The number of nitrogens with one attached hydrogen (secondary N) is 2. The molecule has 7 heteroatoms. The largest absolute Gasteiger partial charge is 0.361 e. The van der Waals surface area contributed by atoms with Gasteiger partial charge in [-0.3, -0.25) is 9.59 Å². The van der Waals surface area contributed by atoms with Gasteiger partial charge in [-0.1, -0.05) is 18.2 Å². The first-order valence-electron chi connectivity index (χ1n) is 7.40. The van der Waals surface area contributed by atoms with Crippen molar-refractivity contribution in [3.63, 3.8) is 0 Å². The zero-order valence-corrected chi connectivity index (χ0v) is 12.7. The quantitative estimate of drug-likeness (QED) is 0.800. The number of aromatic nitrogens is 1. The smallest absolute Gasteiger partial charge is 0.350 e. The van der Waals surface area contributed by atoms with E-state index < -0.39 is 23.8 Å². The number of hydrogen-bond acceptors (Lipinski definition) is 5. The molecule has 0 bridgehead atoms. The number of carbonyl (C=O) groups excluding carboxylic acids is 3. The van der Waals surface area contributed by atoms with Gasteiger partial charge in [-0.25, -0.2) is 4.79 Å². The fourth-order valence-corrected chi connectivity index (χ4v) is 2.64. The van der Waals surface area contributed by atoms with Gasteiger partial charge in [-0.05, 0) is 18.7 Å². The molecule has 1 fully saturated rings. The van der Waals surface area contributed by atoms with Crippen molar-refractivity contribution in [1.82, 2.24) is 15.4 Å². The molecule has 1 atom stereocenters. The first-order valence-corrected chi connectivity index (χ1v) is 7.40. The molecule has 0 aliphatic carbocycles. The highest BCUT2D eigenvalue weighted by atomic mass is 16.7. The predicted molar refractivity (Wildman–Crippen MR) is 82.0 cm³/mol. The molecule has 120 valence electrons. The van der Waals surface area contributed by atoms with Crippen molar-refractivity contribution in [2.45, 2.75) is 25.3 Å². The third kappa shape index (κ3) is 2.95. The van der Waals surface area contributed by atoms with Crippen LogP contribution >= 0.6 is 0 Å². The number of hydrogen-bond donors (Lipinski definition) is 2. The van der Waals surface area contributed by atoms with E-state index in [-0.39, 0.29) is 12.8 Å². The van der Waals surface area contributed by atoms with Crippen LogP contribution in [0, 0.1) is 0 Å². The standard InChI is InChI=1S/C16H17N3O4/c1-17-13(16(22)23-19-14(20)6-7-15(19)21)8-10-9-18-12-5-3-2-4-11(10)12/h2-5,9,13,17-18H,6-8H2,1H3/t13-/m0/s1. The van der Waals surface area contributed by atoms with Gasteiger partial charge in [-0.2, -0.15) is 0 Å². The van der Waals surface area contributed by atoms with Crippen molar-refractivity contribution in [3.8, 4) is 0 Å². The number of hydroxylamine groups is 2. The highest BCUT2D eigenvalue weighted by Crippen LogP contribution is 2.20. The minimum atomic E-state index is -0.657. The Bertz CT molecular complexity index is 752. The summed E-state index contributed by atoms with van der Waals surface area (Å²) in [5.74, 6) is -1.61. The summed E-state index contributed by atoms with van der Waals surface area (Å²) in [6.45, 7) is 0. The van der Waals surface area contributed by atoms with Gasteiger partial charge in [0.2, 0.25) is 0 Å². The van der Waals surface area contributed by atoms with Crippen LogP contribution in [0.4, 0.5) is 0 Å². The van der Waals surface area contributed by atoms with Crippen molar-refractivity contribution in [2.24, 2.45) is 0 Å². The Morgan fingerprint density at radius 1 is 1.30 bits per heavy atom. The lowest BCUT2D eigenvalue weighted by Crippen LogP contribution is -2.42. The minimum absolute atomic E-state index is 0.0821. The number of aromatic amines is 1. The molecule has 1 aliphatic rings. The first-order chi connectivity index (χ1) is 11.1. The third-order valence-electron chi connectivity index (χ3n) is 3.92. The average Bonchev–Trinajstić information content (AvgIpc) is 3.10. The van der Waals surface area contributed by atoms with E-state index in [9.17, 15) is 14.4 Å². The number of fused-ring (bicyclic) bond motifs is 1. The fourth-order valence-electron chi connectivity index (χ4n) is 2.64. The molecule has 1 aromatic carbocycles. The number of imide groups is 1. The SMILES string of the molecule is CN[C@@H](Cc1c[nH]c2ccccc12)C(=O)ON1C(=O)CCC1=O. The summed E-state index contributed by atoms with van der Waals surface area (Å²) in [5.41, 5.74) is 1.94. The van der Waals surface area contributed by atoms with E-state index in [2.05, 4.69) is 10.3 Å². The Balaban J connectivity index is 1.73. The van der Waals surface area contributed by atoms with Crippen molar-refractivity contribution >= 4 is 28.7 Å². The van der Waals surface area contributed by atoms with Crippen molar-refractivity contribution in [1.29, 1.82) is 0 Å². The van der Waals surface area contributed by atoms with Crippen LogP contribution in [0.3, 0.4) is 0 Å². The molecule has 0 saturated carbocycles. The first kappa shape index (κ1) is 15.2. The number of H-pyrrole nitrogens is 1. The second-order valence-corrected chi connectivity index (χ2v) is 5.40. The summed E-state index contributed by atoms with van der Waals surface area (Å²) in [7, 11) is 1.63.